The summed E-state index contributed by atoms with van der Waals surface area (Å²) >= 11 is 0. The Morgan fingerprint density at radius 3 is 3.00 bits per heavy atom. The number of aromatic nitrogens is 1. The first kappa shape index (κ1) is 11.3. The summed E-state index contributed by atoms with van der Waals surface area (Å²) in [7, 11) is 0. The van der Waals surface area contributed by atoms with Gasteiger partial charge in [0.25, 0.3) is 5.69 Å². The number of anilines is 1. The van der Waals surface area contributed by atoms with Crippen molar-refractivity contribution in [2.24, 2.45) is 0 Å². The van der Waals surface area contributed by atoms with E-state index in [1.54, 1.807) is 0 Å². The smallest absolute Gasteiger partial charge is 0.274 e. The van der Waals surface area contributed by atoms with Crippen LogP contribution in [0.2, 0.25) is 0 Å². The van der Waals surface area contributed by atoms with Gasteiger partial charge in [0.05, 0.1) is 23.7 Å². The topological polar surface area (TPSA) is 109 Å². The molecule has 1 unspecified atom stereocenters. The second-order valence-corrected chi connectivity index (χ2v) is 2.87. The SMILES string of the molecule is O=[N+]([O-])c1ccnc(NCC(O)CO)c1. The fraction of sp³-hybridized carbons (Fsp3) is 0.375. The zero-order chi connectivity index (χ0) is 11.3. The molecule has 0 saturated carbocycles. The van der Waals surface area contributed by atoms with Crippen LogP contribution < -0.4 is 5.32 Å². The number of hydrogen-bond acceptors (Lipinski definition) is 6. The van der Waals surface area contributed by atoms with E-state index in [0.717, 1.165) is 0 Å². The standard InChI is InChI=1S/C8H11N3O4/c12-5-7(13)4-10-8-3-6(11(14)15)1-2-9-8/h1-3,7,12-13H,4-5H2,(H,9,10). The van der Waals surface area contributed by atoms with Crippen LogP contribution in [0.5, 0.6) is 0 Å². The Kier molecular flexibility index (Phi) is 3.95. The quantitative estimate of drug-likeness (QED) is 0.460. The van der Waals surface area contributed by atoms with Crippen molar-refractivity contribution >= 4 is 11.5 Å². The van der Waals surface area contributed by atoms with E-state index in [1.165, 1.54) is 18.3 Å². The number of nitrogens with one attached hydrogen (secondary N) is 1. The third-order valence-electron chi connectivity index (χ3n) is 1.68. The molecule has 82 valence electrons. The van der Waals surface area contributed by atoms with E-state index in [2.05, 4.69) is 10.3 Å². The molecule has 0 aliphatic heterocycles. The minimum Gasteiger partial charge on any atom is -0.394 e. The van der Waals surface area contributed by atoms with Gasteiger partial charge in [-0.1, -0.05) is 0 Å². The van der Waals surface area contributed by atoms with Gasteiger partial charge in [0.2, 0.25) is 0 Å². The monoisotopic (exact) mass is 213 g/mol. The molecule has 0 aliphatic rings. The van der Waals surface area contributed by atoms with Gasteiger partial charge in [-0.15, -0.1) is 0 Å². The van der Waals surface area contributed by atoms with Crippen LogP contribution in [0.25, 0.3) is 0 Å². The number of nitro groups is 1. The second-order valence-electron chi connectivity index (χ2n) is 2.87. The Morgan fingerprint density at radius 2 is 2.40 bits per heavy atom. The van der Waals surface area contributed by atoms with Crippen molar-refractivity contribution < 1.29 is 15.1 Å². The van der Waals surface area contributed by atoms with Crippen LogP contribution in [0.3, 0.4) is 0 Å². The summed E-state index contributed by atoms with van der Waals surface area (Å²) in [4.78, 5) is 13.7. The number of aliphatic hydroxyl groups excluding tert-OH is 2. The van der Waals surface area contributed by atoms with E-state index < -0.39 is 11.0 Å². The molecular formula is C8H11N3O4. The normalized spacial score (nSPS) is 12.1. The first-order valence-electron chi connectivity index (χ1n) is 4.26. The van der Waals surface area contributed by atoms with Gasteiger partial charge in [0, 0.05) is 18.8 Å². The molecule has 0 aromatic carbocycles. The van der Waals surface area contributed by atoms with Crippen LogP contribution in [0.4, 0.5) is 11.5 Å². The molecule has 7 nitrogen and oxygen atoms in total. The van der Waals surface area contributed by atoms with Crippen molar-refractivity contribution in [1.29, 1.82) is 0 Å². The van der Waals surface area contributed by atoms with Gasteiger partial charge in [0.15, 0.2) is 0 Å². The molecule has 0 bridgehead atoms. The van der Waals surface area contributed by atoms with Crippen LogP contribution in [-0.4, -0.2) is 39.4 Å². The summed E-state index contributed by atoms with van der Waals surface area (Å²) < 4.78 is 0. The first-order valence-corrected chi connectivity index (χ1v) is 4.26. The Bertz CT molecular complexity index is 344. The predicted molar refractivity (Wildman–Crippen MR) is 52.5 cm³/mol. The second kappa shape index (κ2) is 5.23. The molecule has 3 N–H and O–H groups in total. The molecule has 0 saturated heterocycles. The van der Waals surface area contributed by atoms with E-state index in [-0.39, 0.29) is 24.7 Å². The molecular weight excluding hydrogens is 202 g/mol. The molecule has 0 amide bonds. The van der Waals surface area contributed by atoms with Crippen LogP contribution in [0, 0.1) is 10.1 Å². The Hall–Kier alpha value is -1.73. The first-order chi connectivity index (χ1) is 7.13. The van der Waals surface area contributed by atoms with E-state index in [0.29, 0.717) is 0 Å². The van der Waals surface area contributed by atoms with Crippen molar-refractivity contribution in [3.8, 4) is 0 Å². The van der Waals surface area contributed by atoms with Crippen molar-refractivity contribution in [3.05, 3.63) is 28.4 Å². The third kappa shape index (κ3) is 3.49. The lowest BCUT2D eigenvalue weighted by Gasteiger charge is -2.08. The van der Waals surface area contributed by atoms with Crippen molar-refractivity contribution in [1.82, 2.24) is 4.98 Å². The summed E-state index contributed by atoms with van der Waals surface area (Å²) in [5.74, 6) is 0.289. The minimum absolute atomic E-state index is 0.0778. The van der Waals surface area contributed by atoms with E-state index in [1.807, 2.05) is 0 Å². The number of rotatable bonds is 5. The van der Waals surface area contributed by atoms with Gasteiger partial charge in [-0.2, -0.15) is 0 Å². The van der Waals surface area contributed by atoms with Gasteiger partial charge >= 0.3 is 0 Å². The maximum atomic E-state index is 10.4. The molecule has 7 heteroatoms. The highest BCUT2D eigenvalue weighted by atomic mass is 16.6. The maximum absolute atomic E-state index is 10.4. The highest BCUT2D eigenvalue weighted by Crippen LogP contribution is 2.13. The average Bonchev–Trinajstić information content (AvgIpc) is 2.26. The molecule has 15 heavy (non-hydrogen) atoms. The predicted octanol–water partition coefficient (Wildman–Crippen LogP) is -0.245. The molecule has 1 heterocycles. The van der Waals surface area contributed by atoms with Crippen LogP contribution in [-0.2, 0) is 0 Å². The summed E-state index contributed by atoms with van der Waals surface area (Å²) in [6.45, 7) is -0.285. The number of pyridine rings is 1. The molecule has 0 fully saturated rings. The highest BCUT2D eigenvalue weighted by molar-refractivity contribution is 5.44. The lowest BCUT2D eigenvalue weighted by molar-refractivity contribution is -0.384. The van der Waals surface area contributed by atoms with Crippen molar-refractivity contribution in [2.45, 2.75) is 6.10 Å². The van der Waals surface area contributed by atoms with E-state index in [9.17, 15) is 10.1 Å². The highest BCUT2D eigenvalue weighted by Gasteiger charge is 2.07. The lowest BCUT2D eigenvalue weighted by Crippen LogP contribution is -2.23. The number of nitrogens with zero attached hydrogens (tertiary/aromatic N) is 2. The number of aliphatic hydroxyl groups is 2. The maximum Gasteiger partial charge on any atom is 0.274 e. The van der Waals surface area contributed by atoms with Gasteiger partial charge in [-0.05, 0) is 0 Å². The molecule has 0 aliphatic carbocycles. The van der Waals surface area contributed by atoms with E-state index >= 15 is 0 Å². The van der Waals surface area contributed by atoms with Crippen LogP contribution in [0.15, 0.2) is 18.3 Å². The van der Waals surface area contributed by atoms with Gasteiger partial charge < -0.3 is 15.5 Å². The van der Waals surface area contributed by atoms with Crippen molar-refractivity contribution in [2.75, 3.05) is 18.5 Å². The molecule has 1 aromatic heterocycles. The Labute approximate surface area is 85.5 Å². The van der Waals surface area contributed by atoms with Crippen LogP contribution in [0.1, 0.15) is 0 Å². The molecule has 0 radical (unpaired) electrons. The van der Waals surface area contributed by atoms with E-state index in [4.69, 9.17) is 10.2 Å². The molecule has 1 aromatic rings. The number of hydrogen-bond donors (Lipinski definition) is 3. The van der Waals surface area contributed by atoms with Gasteiger partial charge in [0.1, 0.15) is 5.82 Å². The van der Waals surface area contributed by atoms with Crippen molar-refractivity contribution in [3.63, 3.8) is 0 Å². The largest absolute Gasteiger partial charge is 0.394 e. The van der Waals surface area contributed by atoms with Gasteiger partial charge in [-0.25, -0.2) is 4.98 Å². The molecule has 1 atom stereocenters. The Balaban J connectivity index is 2.62. The van der Waals surface area contributed by atoms with Crippen LogP contribution >= 0.6 is 0 Å². The fourth-order valence-electron chi connectivity index (χ4n) is 0.917. The summed E-state index contributed by atoms with van der Waals surface area (Å²) in [6, 6.07) is 2.53. The molecule has 0 spiro atoms. The zero-order valence-electron chi connectivity index (χ0n) is 7.83. The Morgan fingerprint density at radius 1 is 1.67 bits per heavy atom. The average molecular weight is 213 g/mol. The molecule has 1 rings (SSSR count). The summed E-state index contributed by atoms with van der Waals surface area (Å²) in [5, 5.41) is 30.6. The summed E-state index contributed by atoms with van der Waals surface area (Å²) in [6.07, 6.45) is 0.386. The zero-order valence-corrected chi connectivity index (χ0v) is 7.83. The lowest BCUT2D eigenvalue weighted by atomic mass is 10.3. The van der Waals surface area contributed by atoms with Gasteiger partial charge in [-0.3, -0.25) is 10.1 Å². The third-order valence-corrected chi connectivity index (χ3v) is 1.68. The fourth-order valence-corrected chi connectivity index (χ4v) is 0.917. The summed E-state index contributed by atoms with van der Waals surface area (Å²) in [5.41, 5.74) is -0.0778. The minimum atomic E-state index is -0.911.